The van der Waals surface area contributed by atoms with Crippen molar-refractivity contribution in [2.45, 2.75) is 52.1 Å². The molecule has 1 aromatic carbocycles. The number of carbonyl (C=O) groups is 3. The van der Waals surface area contributed by atoms with Crippen molar-refractivity contribution in [3.63, 3.8) is 0 Å². The van der Waals surface area contributed by atoms with Crippen molar-refractivity contribution in [2.75, 3.05) is 25.0 Å². The Kier molecular flexibility index (Phi) is 7.45. The topological polar surface area (TPSA) is 109 Å². The zero-order valence-corrected chi connectivity index (χ0v) is 20.2. The molecule has 3 N–H and O–H groups in total. The fourth-order valence-electron chi connectivity index (χ4n) is 5.05. The molecule has 35 heavy (non-hydrogen) atoms. The second kappa shape index (κ2) is 10.5. The molecule has 8 nitrogen and oxygen atoms in total. The molecule has 0 radical (unpaired) electrons. The lowest BCUT2D eigenvalue weighted by Crippen LogP contribution is -2.54. The number of nitrogens with two attached hydrogens (primary N) is 1. The number of rotatable bonds is 6. The summed E-state index contributed by atoms with van der Waals surface area (Å²) in [4.78, 5) is 44.9. The summed E-state index contributed by atoms with van der Waals surface area (Å²) in [5, 5.41) is 2.75. The van der Waals surface area contributed by atoms with Crippen LogP contribution in [0.5, 0.6) is 0 Å². The van der Waals surface area contributed by atoms with E-state index < -0.39 is 17.6 Å². The number of hydrogen-bond donors (Lipinski definition) is 2. The fourth-order valence-corrected chi connectivity index (χ4v) is 5.05. The summed E-state index contributed by atoms with van der Waals surface area (Å²) in [7, 11) is 0. The van der Waals surface area contributed by atoms with Crippen LogP contribution in [0.4, 0.5) is 10.1 Å². The van der Waals surface area contributed by atoms with E-state index in [0.29, 0.717) is 25.3 Å². The third-order valence-corrected chi connectivity index (χ3v) is 7.10. The second-order valence-corrected chi connectivity index (χ2v) is 9.59. The van der Waals surface area contributed by atoms with Crippen LogP contribution in [-0.2, 0) is 11.3 Å². The molecule has 4 rings (SSSR count). The molecule has 2 aromatic rings. The second-order valence-electron chi connectivity index (χ2n) is 9.59. The first-order valence-corrected chi connectivity index (χ1v) is 12.1. The number of amides is 3. The maximum atomic E-state index is 14.5. The molecule has 1 aromatic heterocycles. The van der Waals surface area contributed by atoms with Crippen molar-refractivity contribution >= 4 is 23.4 Å². The lowest BCUT2D eigenvalue weighted by atomic mass is 10.0. The van der Waals surface area contributed by atoms with Gasteiger partial charge in [0.05, 0.1) is 5.56 Å². The zero-order chi connectivity index (χ0) is 25.1. The molecule has 0 spiro atoms. The first-order chi connectivity index (χ1) is 16.7. The highest BCUT2D eigenvalue weighted by atomic mass is 19.1. The van der Waals surface area contributed by atoms with Crippen LogP contribution in [0.1, 0.15) is 64.6 Å². The van der Waals surface area contributed by atoms with Crippen molar-refractivity contribution in [1.82, 2.24) is 14.8 Å². The molecule has 9 heteroatoms. The molecule has 2 heterocycles. The molecular weight excluding hydrogens is 449 g/mol. The minimum Gasteiger partial charge on any atom is -0.364 e. The van der Waals surface area contributed by atoms with Crippen molar-refractivity contribution in [1.29, 1.82) is 0 Å². The Morgan fingerprint density at radius 3 is 2.54 bits per heavy atom. The minimum atomic E-state index is -0.680. The lowest BCUT2D eigenvalue weighted by Gasteiger charge is -2.41. The molecule has 1 saturated heterocycles. The van der Waals surface area contributed by atoms with E-state index in [2.05, 4.69) is 22.1 Å². The van der Waals surface area contributed by atoms with Crippen LogP contribution < -0.4 is 11.1 Å². The Morgan fingerprint density at radius 2 is 1.91 bits per heavy atom. The van der Waals surface area contributed by atoms with Crippen molar-refractivity contribution in [2.24, 2.45) is 11.7 Å². The van der Waals surface area contributed by atoms with Gasteiger partial charge in [-0.1, -0.05) is 12.8 Å². The predicted octanol–water partition coefficient (Wildman–Crippen LogP) is 3.10. The van der Waals surface area contributed by atoms with E-state index in [1.54, 1.807) is 0 Å². The number of primary amides is 1. The van der Waals surface area contributed by atoms with Gasteiger partial charge in [-0.05, 0) is 62.1 Å². The number of benzene rings is 1. The monoisotopic (exact) mass is 481 g/mol. The molecule has 186 valence electrons. The van der Waals surface area contributed by atoms with Crippen LogP contribution in [0.15, 0.2) is 30.5 Å². The Labute approximate surface area is 204 Å². The lowest BCUT2D eigenvalue weighted by molar-refractivity contribution is -0.140. The van der Waals surface area contributed by atoms with E-state index in [1.165, 1.54) is 30.5 Å². The fraction of sp³-hybridized carbons (Fsp3) is 0.462. The molecule has 2 aliphatic rings. The van der Waals surface area contributed by atoms with E-state index in [4.69, 9.17) is 5.73 Å². The summed E-state index contributed by atoms with van der Waals surface area (Å²) < 4.78 is 14.5. The van der Waals surface area contributed by atoms with Crippen LogP contribution in [0.3, 0.4) is 0 Å². The van der Waals surface area contributed by atoms with E-state index in [9.17, 15) is 18.8 Å². The van der Waals surface area contributed by atoms with Gasteiger partial charge < -0.3 is 16.0 Å². The van der Waals surface area contributed by atoms with E-state index in [1.807, 2.05) is 11.8 Å². The summed E-state index contributed by atoms with van der Waals surface area (Å²) in [5.74, 6) is -1.13. The number of halogens is 1. The average Bonchev–Trinajstić information content (AvgIpc) is 3.37. The van der Waals surface area contributed by atoms with Crippen LogP contribution in [0.25, 0.3) is 0 Å². The number of pyridine rings is 1. The van der Waals surface area contributed by atoms with E-state index in [0.717, 1.165) is 43.4 Å². The minimum absolute atomic E-state index is 0.0602. The first-order valence-electron chi connectivity index (χ1n) is 12.1. The highest BCUT2D eigenvalue weighted by Crippen LogP contribution is 2.29. The van der Waals surface area contributed by atoms with Crippen LogP contribution in [0, 0.1) is 18.7 Å². The number of nitrogens with zero attached hydrogens (tertiary/aromatic N) is 3. The zero-order valence-electron chi connectivity index (χ0n) is 20.2. The normalized spacial score (nSPS) is 19.1. The largest absolute Gasteiger partial charge is 0.364 e. The van der Waals surface area contributed by atoms with Crippen molar-refractivity contribution in [3.05, 3.63) is 58.7 Å². The van der Waals surface area contributed by atoms with Crippen molar-refractivity contribution in [3.8, 4) is 0 Å². The predicted molar refractivity (Wildman–Crippen MR) is 130 cm³/mol. The van der Waals surface area contributed by atoms with Gasteiger partial charge in [0.15, 0.2) is 0 Å². The highest BCUT2D eigenvalue weighted by molar-refractivity contribution is 6.05. The Bertz CT molecular complexity index is 1110. The molecule has 0 unspecified atom stereocenters. The molecule has 1 aliphatic heterocycles. The van der Waals surface area contributed by atoms with Crippen LogP contribution >= 0.6 is 0 Å². The van der Waals surface area contributed by atoms with Gasteiger partial charge in [0.25, 0.3) is 11.8 Å². The molecule has 3 amide bonds. The standard InChI is InChI=1S/C26H32FN5O3/c1-16-14-31(9-10-32(16)26(35)18-5-3-4-6-18)15-20-11-21(27)12-23(17(20)2)30-25(34)19-7-8-22(24(28)33)29-13-19/h7-8,11-13,16,18H,3-6,9-10,14-15H2,1-2H3,(H2,28,33)(H,30,34)/t16-/m0/s1. The summed E-state index contributed by atoms with van der Waals surface area (Å²) in [6.45, 7) is 6.55. The number of nitrogens with one attached hydrogen (secondary N) is 1. The van der Waals surface area contributed by atoms with Gasteiger partial charge in [-0.3, -0.25) is 24.3 Å². The number of carbonyl (C=O) groups excluding carboxylic acids is 3. The maximum Gasteiger partial charge on any atom is 0.267 e. The van der Waals surface area contributed by atoms with Gasteiger partial charge in [0.2, 0.25) is 5.91 Å². The molecule has 1 atom stereocenters. The van der Waals surface area contributed by atoms with Gasteiger partial charge in [0, 0.05) is 50.0 Å². The van der Waals surface area contributed by atoms with Gasteiger partial charge in [-0.2, -0.15) is 0 Å². The third kappa shape index (κ3) is 5.67. The summed E-state index contributed by atoms with van der Waals surface area (Å²) in [6, 6.07) is 5.71. The number of piperazine rings is 1. The third-order valence-electron chi connectivity index (χ3n) is 7.10. The van der Waals surface area contributed by atoms with E-state index >= 15 is 0 Å². The molecule has 2 fully saturated rings. The number of anilines is 1. The Morgan fingerprint density at radius 1 is 1.17 bits per heavy atom. The number of aromatic nitrogens is 1. The van der Waals surface area contributed by atoms with Crippen LogP contribution in [-0.4, -0.2) is 58.2 Å². The number of hydrogen-bond acceptors (Lipinski definition) is 5. The van der Waals surface area contributed by atoms with Gasteiger partial charge in [-0.15, -0.1) is 0 Å². The SMILES string of the molecule is Cc1c(CN2CCN(C(=O)C3CCCC3)[C@@H](C)C2)cc(F)cc1NC(=O)c1ccc(C(N)=O)nc1. The summed E-state index contributed by atoms with van der Waals surface area (Å²) >= 11 is 0. The van der Waals surface area contributed by atoms with Crippen molar-refractivity contribution < 1.29 is 18.8 Å². The molecule has 1 aliphatic carbocycles. The Balaban J connectivity index is 1.42. The Hall–Kier alpha value is -3.33. The average molecular weight is 482 g/mol. The molecule has 1 saturated carbocycles. The highest BCUT2D eigenvalue weighted by Gasteiger charge is 2.33. The summed E-state index contributed by atoms with van der Waals surface area (Å²) in [5.41, 5.74) is 7.42. The first kappa shape index (κ1) is 24.8. The smallest absolute Gasteiger partial charge is 0.267 e. The molecular formula is C26H32FN5O3. The molecule has 0 bridgehead atoms. The quantitative estimate of drug-likeness (QED) is 0.659. The maximum absolute atomic E-state index is 14.5. The van der Waals surface area contributed by atoms with Crippen LogP contribution in [0.2, 0.25) is 0 Å². The van der Waals surface area contributed by atoms with E-state index in [-0.39, 0.29) is 29.1 Å². The van der Waals surface area contributed by atoms with Gasteiger partial charge >= 0.3 is 0 Å². The van der Waals surface area contributed by atoms with Gasteiger partial charge in [0.1, 0.15) is 11.5 Å². The summed E-state index contributed by atoms with van der Waals surface area (Å²) in [6.07, 6.45) is 5.52. The van der Waals surface area contributed by atoms with Gasteiger partial charge in [-0.25, -0.2) is 4.39 Å².